The van der Waals surface area contributed by atoms with E-state index >= 15 is 0 Å². The summed E-state index contributed by atoms with van der Waals surface area (Å²) in [5, 5.41) is 3.34. The Kier molecular flexibility index (Phi) is 5.22. The molecule has 1 aliphatic heterocycles. The highest BCUT2D eigenvalue weighted by molar-refractivity contribution is 5.83. The van der Waals surface area contributed by atoms with E-state index in [0.29, 0.717) is 6.04 Å². The molecule has 0 saturated carbocycles. The van der Waals surface area contributed by atoms with Gasteiger partial charge >= 0.3 is 0 Å². The Morgan fingerprint density at radius 1 is 1.56 bits per heavy atom. The summed E-state index contributed by atoms with van der Waals surface area (Å²) in [5.41, 5.74) is 0. The number of carbonyl (C=O) groups excluding carboxylic acids is 1. The smallest absolute Gasteiger partial charge is 0.239 e. The highest BCUT2D eigenvalue weighted by Gasteiger charge is 2.27. The van der Waals surface area contributed by atoms with Gasteiger partial charge in [0.15, 0.2) is 0 Å². The van der Waals surface area contributed by atoms with Gasteiger partial charge in [-0.1, -0.05) is 0 Å². The maximum absolute atomic E-state index is 11.6. The maximum atomic E-state index is 11.6. The highest BCUT2D eigenvalue weighted by Crippen LogP contribution is 2.08. The summed E-state index contributed by atoms with van der Waals surface area (Å²) in [7, 11) is 4.01. The third-order valence-corrected chi connectivity index (χ3v) is 3.39. The Morgan fingerprint density at radius 2 is 2.25 bits per heavy atom. The number of likely N-dealkylation sites (N-methyl/N-ethyl adjacent to an activating group) is 1. The topological polar surface area (TPSA) is 35.6 Å². The zero-order valence-electron chi connectivity index (χ0n) is 11.0. The number of hydrogen-bond acceptors (Lipinski definition) is 3. The highest BCUT2D eigenvalue weighted by atomic mass is 16.2. The van der Waals surface area contributed by atoms with Crippen LogP contribution in [-0.2, 0) is 4.79 Å². The monoisotopic (exact) mass is 227 g/mol. The van der Waals surface area contributed by atoms with Crippen LogP contribution in [0.1, 0.15) is 26.7 Å². The van der Waals surface area contributed by atoms with E-state index in [1.54, 1.807) is 4.90 Å². The van der Waals surface area contributed by atoms with Crippen LogP contribution in [0.3, 0.4) is 0 Å². The summed E-state index contributed by atoms with van der Waals surface area (Å²) < 4.78 is 0. The van der Waals surface area contributed by atoms with Crippen molar-refractivity contribution in [2.75, 3.05) is 33.7 Å². The lowest BCUT2D eigenvalue weighted by molar-refractivity contribution is -0.128. The molecule has 94 valence electrons. The first-order valence-electron chi connectivity index (χ1n) is 6.21. The van der Waals surface area contributed by atoms with Crippen molar-refractivity contribution in [3.05, 3.63) is 0 Å². The maximum Gasteiger partial charge on any atom is 0.239 e. The molecule has 1 heterocycles. The van der Waals surface area contributed by atoms with Crippen LogP contribution in [0.4, 0.5) is 0 Å². The van der Waals surface area contributed by atoms with Gasteiger partial charge in [0, 0.05) is 19.6 Å². The Hall–Kier alpha value is -0.610. The standard InChI is InChI=1S/C12H25N3O/c1-10(2)14(3)8-5-7-13-11-6-9-15(4)12(11)16/h10-11,13H,5-9H2,1-4H3. The van der Waals surface area contributed by atoms with E-state index in [1.807, 2.05) is 7.05 Å². The number of nitrogens with one attached hydrogen (secondary N) is 1. The zero-order chi connectivity index (χ0) is 12.1. The van der Waals surface area contributed by atoms with Gasteiger partial charge in [-0.25, -0.2) is 0 Å². The van der Waals surface area contributed by atoms with Crippen LogP contribution in [0.5, 0.6) is 0 Å². The summed E-state index contributed by atoms with van der Waals surface area (Å²) in [4.78, 5) is 15.7. The fourth-order valence-electron chi connectivity index (χ4n) is 1.87. The molecule has 0 aromatic rings. The molecule has 1 saturated heterocycles. The quantitative estimate of drug-likeness (QED) is 0.673. The SMILES string of the molecule is CC(C)N(C)CCCNC1CCN(C)C1=O. The summed E-state index contributed by atoms with van der Waals surface area (Å²) >= 11 is 0. The number of hydrogen-bond donors (Lipinski definition) is 1. The molecular weight excluding hydrogens is 202 g/mol. The van der Waals surface area contributed by atoms with Crippen molar-refractivity contribution in [3.8, 4) is 0 Å². The minimum absolute atomic E-state index is 0.0642. The molecule has 0 bridgehead atoms. The number of nitrogens with zero attached hydrogens (tertiary/aromatic N) is 2. The molecule has 16 heavy (non-hydrogen) atoms. The second-order valence-corrected chi connectivity index (χ2v) is 4.98. The average Bonchev–Trinajstić information content (AvgIpc) is 2.55. The predicted octanol–water partition coefficient (Wildman–Crippen LogP) is 0.537. The van der Waals surface area contributed by atoms with Gasteiger partial charge in [0.25, 0.3) is 0 Å². The lowest BCUT2D eigenvalue weighted by Crippen LogP contribution is -2.38. The molecular formula is C12H25N3O. The molecule has 0 radical (unpaired) electrons. The molecule has 0 spiro atoms. The Balaban J connectivity index is 2.10. The molecule has 1 atom stereocenters. The molecule has 1 amide bonds. The molecule has 1 unspecified atom stereocenters. The fraction of sp³-hybridized carbons (Fsp3) is 0.917. The van der Waals surface area contributed by atoms with Gasteiger partial charge in [0.1, 0.15) is 0 Å². The summed E-state index contributed by atoms with van der Waals surface area (Å²) in [6.45, 7) is 7.30. The van der Waals surface area contributed by atoms with E-state index < -0.39 is 0 Å². The first-order valence-corrected chi connectivity index (χ1v) is 6.21. The van der Waals surface area contributed by atoms with E-state index in [4.69, 9.17) is 0 Å². The van der Waals surface area contributed by atoms with Crippen molar-refractivity contribution >= 4 is 5.91 Å². The number of likely N-dealkylation sites (tertiary alicyclic amines) is 1. The lowest BCUT2D eigenvalue weighted by atomic mass is 10.2. The van der Waals surface area contributed by atoms with Crippen molar-refractivity contribution in [3.63, 3.8) is 0 Å². The van der Waals surface area contributed by atoms with Gasteiger partial charge in [-0.3, -0.25) is 4.79 Å². The molecule has 0 aromatic carbocycles. The molecule has 4 nitrogen and oxygen atoms in total. The Labute approximate surface area is 99.0 Å². The molecule has 1 aliphatic rings. The Bertz CT molecular complexity index is 230. The largest absolute Gasteiger partial charge is 0.344 e. The number of amides is 1. The number of rotatable bonds is 6. The van der Waals surface area contributed by atoms with Crippen molar-refractivity contribution in [2.45, 2.75) is 38.8 Å². The van der Waals surface area contributed by atoms with Gasteiger partial charge in [0.2, 0.25) is 5.91 Å². The van der Waals surface area contributed by atoms with Crippen molar-refractivity contribution < 1.29 is 4.79 Å². The summed E-state index contributed by atoms with van der Waals surface area (Å²) in [5.74, 6) is 0.247. The first kappa shape index (κ1) is 13.5. The second kappa shape index (κ2) is 6.21. The van der Waals surface area contributed by atoms with Crippen LogP contribution in [0.25, 0.3) is 0 Å². The fourth-order valence-corrected chi connectivity index (χ4v) is 1.87. The second-order valence-electron chi connectivity index (χ2n) is 4.98. The molecule has 1 fully saturated rings. The van der Waals surface area contributed by atoms with E-state index in [2.05, 4.69) is 31.1 Å². The Morgan fingerprint density at radius 3 is 2.75 bits per heavy atom. The molecule has 4 heteroatoms. The van der Waals surface area contributed by atoms with Gasteiger partial charge < -0.3 is 15.1 Å². The van der Waals surface area contributed by atoms with Gasteiger partial charge in [-0.2, -0.15) is 0 Å². The van der Waals surface area contributed by atoms with E-state index in [0.717, 1.165) is 32.5 Å². The van der Waals surface area contributed by atoms with Crippen molar-refractivity contribution in [2.24, 2.45) is 0 Å². The third kappa shape index (κ3) is 3.76. The summed E-state index contributed by atoms with van der Waals surface area (Å²) in [6, 6.07) is 0.661. The lowest BCUT2D eigenvalue weighted by Gasteiger charge is -2.21. The van der Waals surface area contributed by atoms with Crippen LogP contribution in [-0.4, -0.2) is 61.5 Å². The van der Waals surface area contributed by atoms with E-state index in [-0.39, 0.29) is 11.9 Å². The van der Waals surface area contributed by atoms with E-state index in [9.17, 15) is 4.79 Å². The molecule has 0 aliphatic carbocycles. The minimum atomic E-state index is 0.0642. The minimum Gasteiger partial charge on any atom is -0.344 e. The van der Waals surface area contributed by atoms with Gasteiger partial charge in [-0.15, -0.1) is 0 Å². The number of carbonyl (C=O) groups is 1. The van der Waals surface area contributed by atoms with Crippen LogP contribution in [0.2, 0.25) is 0 Å². The third-order valence-electron chi connectivity index (χ3n) is 3.39. The molecule has 1 rings (SSSR count). The predicted molar refractivity (Wildman–Crippen MR) is 66.4 cm³/mol. The van der Waals surface area contributed by atoms with E-state index in [1.165, 1.54) is 0 Å². The summed E-state index contributed by atoms with van der Waals surface area (Å²) in [6.07, 6.45) is 2.05. The van der Waals surface area contributed by atoms with Crippen LogP contribution < -0.4 is 5.32 Å². The molecule has 1 N–H and O–H groups in total. The van der Waals surface area contributed by atoms with Gasteiger partial charge in [-0.05, 0) is 46.8 Å². The van der Waals surface area contributed by atoms with Crippen LogP contribution in [0.15, 0.2) is 0 Å². The van der Waals surface area contributed by atoms with Gasteiger partial charge in [0.05, 0.1) is 6.04 Å². The first-order chi connectivity index (χ1) is 7.52. The van der Waals surface area contributed by atoms with Crippen molar-refractivity contribution in [1.29, 1.82) is 0 Å². The normalized spacial score (nSPS) is 21.5. The van der Waals surface area contributed by atoms with Crippen molar-refractivity contribution in [1.82, 2.24) is 15.1 Å². The average molecular weight is 227 g/mol. The molecule has 0 aromatic heterocycles. The van der Waals surface area contributed by atoms with Crippen LogP contribution >= 0.6 is 0 Å². The van der Waals surface area contributed by atoms with Crippen LogP contribution in [0, 0.1) is 0 Å². The zero-order valence-corrected chi connectivity index (χ0v) is 11.0.